The molecule has 0 heterocycles. The van der Waals surface area contributed by atoms with E-state index < -0.39 is 15.6 Å². The van der Waals surface area contributed by atoms with Crippen LogP contribution in [0.1, 0.15) is 50.5 Å². The molecule has 2 aromatic rings. The predicted octanol–water partition coefficient (Wildman–Crippen LogP) is 3.81. The molecule has 0 aliphatic rings. The summed E-state index contributed by atoms with van der Waals surface area (Å²) in [6.07, 6.45) is 0. The lowest BCUT2D eigenvalue weighted by Gasteiger charge is -2.26. The summed E-state index contributed by atoms with van der Waals surface area (Å²) in [5.41, 5.74) is 0.842. The van der Waals surface area contributed by atoms with Crippen LogP contribution in [0.15, 0.2) is 59.5 Å². The van der Waals surface area contributed by atoms with Crippen molar-refractivity contribution in [2.24, 2.45) is 0 Å². The van der Waals surface area contributed by atoms with Crippen LogP contribution >= 0.6 is 0 Å². The third-order valence-electron chi connectivity index (χ3n) is 3.95. The average molecular weight is 389 g/mol. The highest BCUT2D eigenvalue weighted by atomic mass is 32.2. The third kappa shape index (κ3) is 5.65. The van der Waals surface area contributed by atoms with Crippen LogP contribution in [-0.4, -0.2) is 30.2 Å². The van der Waals surface area contributed by atoms with Gasteiger partial charge in [0.15, 0.2) is 0 Å². The molecule has 1 amide bonds. The van der Waals surface area contributed by atoms with Crippen LogP contribution in [0.3, 0.4) is 0 Å². The number of nitrogens with one attached hydrogen (secondary N) is 1. The van der Waals surface area contributed by atoms with Crippen LogP contribution in [0.2, 0.25) is 0 Å². The molecule has 0 saturated carbocycles. The summed E-state index contributed by atoms with van der Waals surface area (Å²) < 4.78 is 27.9. The van der Waals surface area contributed by atoms with Gasteiger partial charge in [-0.2, -0.15) is 4.31 Å². The lowest BCUT2D eigenvalue weighted by atomic mass is 10.1. The summed E-state index contributed by atoms with van der Waals surface area (Å²) >= 11 is 0. The highest BCUT2D eigenvalue weighted by Gasteiger charge is 2.28. The second kappa shape index (κ2) is 8.23. The molecule has 1 N–H and O–H groups in total. The fraction of sp³-hybridized carbons (Fsp3) is 0.381. The maximum atomic E-state index is 13.2. The normalized spacial score (nSPS) is 12.4. The van der Waals surface area contributed by atoms with Crippen molar-refractivity contribution < 1.29 is 13.2 Å². The smallest absolute Gasteiger partial charge is 0.251 e. The van der Waals surface area contributed by atoms with E-state index in [2.05, 4.69) is 5.32 Å². The van der Waals surface area contributed by atoms with Crippen LogP contribution in [-0.2, 0) is 16.6 Å². The van der Waals surface area contributed by atoms with Crippen molar-refractivity contribution in [3.8, 4) is 0 Å². The molecule has 2 aromatic carbocycles. The SMILES string of the molecule is CC(C)N(Cc1ccccc1)S(=O)(=O)c1cccc(C(=O)NC(C)(C)C)c1. The second-order valence-corrected chi connectivity index (χ2v) is 9.75. The molecule has 0 unspecified atom stereocenters. The molecule has 0 aliphatic heterocycles. The molecular formula is C21H28N2O3S. The standard InChI is InChI=1S/C21H28N2O3S/c1-16(2)23(15-17-10-7-6-8-11-17)27(25,26)19-13-9-12-18(14-19)20(24)22-21(3,4)5/h6-14,16H,15H2,1-5H3,(H,22,24). The van der Waals surface area contributed by atoms with E-state index in [4.69, 9.17) is 0 Å². The monoisotopic (exact) mass is 388 g/mol. The Bertz CT molecular complexity index is 885. The maximum Gasteiger partial charge on any atom is 0.251 e. The van der Waals surface area contributed by atoms with Gasteiger partial charge in [-0.15, -0.1) is 0 Å². The van der Waals surface area contributed by atoms with Crippen LogP contribution in [0.5, 0.6) is 0 Å². The van der Waals surface area contributed by atoms with Crippen molar-refractivity contribution in [2.45, 2.75) is 57.6 Å². The number of amides is 1. The van der Waals surface area contributed by atoms with Gasteiger partial charge < -0.3 is 5.32 Å². The Hall–Kier alpha value is -2.18. The molecule has 0 aliphatic carbocycles. The summed E-state index contributed by atoms with van der Waals surface area (Å²) in [5, 5.41) is 2.86. The van der Waals surface area contributed by atoms with Gasteiger partial charge in [-0.3, -0.25) is 4.79 Å². The minimum absolute atomic E-state index is 0.119. The minimum atomic E-state index is -3.74. The van der Waals surface area contributed by atoms with Crippen molar-refractivity contribution in [3.63, 3.8) is 0 Å². The zero-order chi connectivity index (χ0) is 20.2. The van der Waals surface area contributed by atoms with Gasteiger partial charge in [0.2, 0.25) is 10.0 Å². The average Bonchev–Trinajstić information content (AvgIpc) is 2.59. The predicted molar refractivity (Wildman–Crippen MR) is 108 cm³/mol. The van der Waals surface area contributed by atoms with Crippen LogP contribution in [0.4, 0.5) is 0 Å². The second-order valence-electron chi connectivity index (χ2n) is 7.86. The van der Waals surface area contributed by atoms with Crippen molar-refractivity contribution in [1.29, 1.82) is 0 Å². The van der Waals surface area contributed by atoms with Gasteiger partial charge in [0.25, 0.3) is 5.91 Å². The molecule has 0 aromatic heterocycles. The molecule has 146 valence electrons. The first-order valence-corrected chi connectivity index (χ1v) is 10.4. The van der Waals surface area contributed by atoms with Gasteiger partial charge in [0.05, 0.1) is 4.90 Å². The number of hydrogen-bond donors (Lipinski definition) is 1. The van der Waals surface area contributed by atoms with Gasteiger partial charge in [0, 0.05) is 23.7 Å². The molecule has 6 heteroatoms. The van der Waals surface area contributed by atoms with E-state index in [1.807, 2.05) is 65.0 Å². The molecule has 27 heavy (non-hydrogen) atoms. The van der Waals surface area contributed by atoms with Crippen molar-refractivity contribution in [1.82, 2.24) is 9.62 Å². The third-order valence-corrected chi connectivity index (χ3v) is 5.97. The largest absolute Gasteiger partial charge is 0.347 e. The van der Waals surface area contributed by atoms with E-state index in [0.29, 0.717) is 5.56 Å². The van der Waals surface area contributed by atoms with Gasteiger partial charge in [-0.05, 0) is 58.4 Å². The van der Waals surface area contributed by atoms with E-state index in [1.54, 1.807) is 12.1 Å². The van der Waals surface area contributed by atoms with Gasteiger partial charge in [0.1, 0.15) is 0 Å². The number of carbonyl (C=O) groups is 1. The molecule has 0 atom stereocenters. The zero-order valence-electron chi connectivity index (χ0n) is 16.6. The zero-order valence-corrected chi connectivity index (χ0v) is 17.4. The van der Waals surface area contributed by atoms with Gasteiger partial charge in [-0.25, -0.2) is 8.42 Å². The quantitative estimate of drug-likeness (QED) is 0.818. The molecule has 2 rings (SSSR count). The first kappa shape index (κ1) is 21.1. The van der Waals surface area contributed by atoms with Gasteiger partial charge in [-0.1, -0.05) is 36.4 Å². The van der Waals surface area contributed by atoms with Crippen LogP contribution < -0.4 is 5.32 Å². The van der Waals surface area contributed by atoms with E-state index >= 15 is 0 Å². The molecule has 0 bridgehead atoms. The lowest BCUT2D eigenvalue weighted by Crippen LogP contribution is -2.40. The van der Waals surface area contributed by atoms with E-state index in [1.165, 1.54) is 16.4 Å². The summed E-state index contributed by atoms with van der Waals surface area (Å²) in [5.74, 6) is -0.293. The Morgan fingerprint density at radius 2 is 1.67 bits per heavy atom. The minimum Gasteiger partial charge on any atom is -0.347 e. The first-order valence-electron chi connectivity index (χ1n) is 8.99. The number of rotatable bonds is 6. The molecule has 5 nitrogen and oxygen atoms in total. The Kier molecular flexibility index (Phi) is 6.44. The van der Waals surface area contributed by atoms with Crippen LogP contribution in [0, 0.1) is 0 Å². The fourth-order valence-electron chi connectivity index (χ4n) is 2.65. The summed E-state index contributed by atoms with van der Waals surface area (Å²) in [6, 6.07) is 15.5. The molecular weight excluding hydrogens is 360 g/mol. The lowest BCUT2D eigenvalue weighted by molar-refractivity contribution is 0.0919. The number of nitrogens with zero attached hydrogens (tertiary/aromatic N) is 1. The molecule has 0 fully saturated rings. The topological polar surface area (TPSA) is 66.5 Å². The highest BCUT2D eigenvalue weighted by Crippen LogP contribution is 2.22. The Balaban J connectivity index is 2.36. The number of carbonyl (C=O) groups excluding carboxylic acids is 1. The van der Waals surface area contributed by atoms with Gasteiger partial charge >= 0.3 is 0 Å². The first-order chi connectivity index (χ1) is 12.5. The van der Waals surface area contributed by atoms with Crippen molar-refractivity contribution in [3.05, 3.63) is 65.7 Å². The van der Waals surface area contributed by atoms with E-state index in [9.17, 15) is 13.2 Å². The fourth-order valence-corrected chi connectivity index (χ4v) is 4.33. The maximum absolute atomic E-state index is 13.2. The number of benzene rings is 2. The Morgan fingerprint density at radius 3 is 2.22 bits per heavy atom. The molecule has 0 radical (unpaired) electrons. The van der Waals surface area contributed by atoms with E-state index in [-0.39, 0.29) is 23.4 Å². The highest BCUT2D eigenvalue weighted by molar-refractivity contribution is 7.89. The molecule has 0 saturated heterocycles. The Labute approximate surface area is 162 Å². The van der Waals surface area contributed by atoms with E-state index in [0.717, 1.165) is 5.56 Å². The molecule has 0 spiro atoms. The van der Waals surface area contributed by atoms with Crippen LogP contribution in [0.25, 0.3) is 0 Å². The summed E-state index contributed by atoms with van der Waals surface area (Å²) in [6.45, 7) is 9.61. The number of hydrogen-bond acceptors (Lipinski definition) is 3. The van der Waals surface area contributed by atoms with Crippen molar-refractivity contribution in [2.75, 3.05) is 0 Å². The summed E-state index contributed by atoms with van der Waals surface area (Å²) in [7, 11) is -3.74. The summed E-state index contributed by atoms with van der Waals surface area (Å²) in [4.78, 5) is 12.5. The Morgan fingerprint density at radius 1 is 1.04 bits per heavy atom. The van der Waals surface area contributed by atoms with Crippen molar-refractivity contribution >= 4 is 15.9 Å². The number of sulfonamides is 1.